The summed E-state index contributed by atoms with van der Waals surface area (Å²) in [7, 11) is 0. The lowest BCUT2D eigenvalue weighted by Gasteiger charge is -2.00. The molecule has 0 N–H and O–H groups in total. The van der Waals surface area contributed by atoms with Gasteiger partial charge in [-0.1, -0.05) is 0 Å². The molecular formula is C7H10O2. The molecular weight excluding hydrogens is 116 g/mol. The minimum atomic E-state index is -0.167. The van der Waals surface area contributed by atoms with Gasteiger partial charge in [-0.15, -0.1) is 0 Å². The van der Waals surface area contributed by atoms with Crippen LogP contribution in [0.3, 0.4) is 0 Å². The fourth-order valence-electron chi connectivity index (χ4n) is 0.803. The lowest BCUT2D eigenvalue weighted by atomic mass is 10.1. The van der Waals surface area contributed by atoms with Crippen LogP contribution in [0.2, 0.25) is 0 Å². The molecule has 1 aliphatic rings. The minimum absolute atomic E-state index is 0.00231. The third-order valence-electron chi connectivity index (χ3n) is 1.79. The molecule has 1 rings (SSSR count). The number of rotatable bonds is 0. The van der Waals surface area contributed by atoms with E-state index in [1.54, 1.807) is 6.92 Å². The number of carbonyl (C=O) groups is 1. The molecule has 1 heterocycles. The highest BCUT2D eigenvalue weighted by molar-refractivity contribution is 5.91. The van der Waals surface area contributed by atoms with Crippen LogP contribution in [0, 0.1) is 0 Å². The van der Waals surface area contributed by atoms with Gasteiger partial charge in [0.05, 0.1) is 0 Å². The van der Waals surface area contributed by atoms with Gasteiger partial charge in [0.15, 0.2) is 0 Å². The molecule has 0 aromatic rings. The van der Waals surface area contributed by atoms with Gasteiger partial charge in [-0.05, 0) is 26.3 Å². The van der Waals surface area contributed by atoms with Crippen LogP contribution in [0.15, 0.2) is 11.1 Å². The minimum Gasteiger partial charge on any atom is -0.455 e. The Morgan fingerprint density at radius 3 is 2.11 bits per heavy atom. The van der Waals surface area contributed by atoms with E-state index in [-0.39, 0.29) is 12.1 Å². The Hall–Kier alpha value is -0.790. The van der Waals surface area contributed by atoms with Gasteiger partial charge in [0.25, 0.3) is 0 Å². The fourth-order valence-corrected chi connectivity index (χ4v) is 0.803. The van der Waals surface area contributed by atoms with E-state index in [0.29, 0.717) is 0 Å². The van der Waals surface area contributed by atoms with E-state index in [1.807, 2.05) is 13.8 Å². The number of hydrogen-bond donors (Lipinski definition) is 0. The Kier molecular flexibility index (Phi) is 1.31. The van der Waals surface area contributed by atoms with E-state index in [1.165, 1.54) is 0 Å². The number of cyclic esters (lactones) is 1. The number of esters is 1. The van der Waals surface area contributed by atoms with Crippen molar-refractivity contribution in [2.75, 3.05) is 0 Å². The lowest BCUT2D eigenvalue weighted by Crippen LogP contribution is -2.04. The first-order valence-corrected chi connectivity index (χ1v) is 3.01. The second-order valence-electron chi connectivity index (χ2n) is 2.36. The number of carbonyl (C=O) groups excluding carboxylic acids is 1. The summed E-state index contributed by atoms with van der Waals surface area (Å²) in [6.07, 6.45) is -0.00231. The smallest absolute Gasteiger partial charge is 0.334 e. The topological polar surface area (TPSA) is 26.3 Å². The average molecular weight is 126 g/mol. The molecule has 50 valence electrons. The van der Waals surface area contributed by atoms with E-state index in [9.17, 15) is 4.79 Å². The maximum absolute atomic E-state index is 10.7. The molecule has 0 aliphatic carbocycles. The molecule has 0 aromatic heterocycles. The first-order valence-electron chi connectivity index (χ1n) is 3.01. The van der Waals surface area contributed by atoms with E-state index < -0.39 is 0 Å². The van der Waals surface area contributed by atoms with Crippen molar-refractivity contribution in [2.45, 2.75) is 26.9 Å². The van der Waals surface area contributed by atoms with Crippen molar-refractivity contribution < 1.29 is 9.53 Å². The van der Waals surface area contributed by atoms with E-state index in [0.717, 1.165) is 11.1 Å². The van der Waals surface area contributed by atoms with E-state index in [2.05, 4.69) is 0 Å². The molecule has 0 amide bonds. The third-order valence-corrected chi connectivity index (χ3v) is 1.79. The zero-order chi connectivity index (χ0) is 7.02. The van der Waals surface area contributed by atoms with Crippen LogP contribution in [0.4, 0.5) is 0 Å². The van der Waals surface area contributed by atoms with Gasteiger partial charge in [-0.2, -0.15) is 0 Å². The molecule has 0 fully saturated rings. The molecule has 0 aromatic carbocycles. The van der Waals surface area contributed by atoms with Crippen LogP contribution < -0.4 is 0 Å². The van der Waals surface area contributed by atoms with Gasteiger partial charge in [-0.25, -0.2) is 4.79 Å². The highest BCUT2D eigenvalue weighted by Gasteiger charge is 2.23. The molecule has 1 atom stereocenters. The molecule has 1 aliphatic heterocycles. The quantitative estimate of drug-likeness (QED) is 0.457. The van der Waals surface area contributed by atoms with Gasteiger partial charge in [-0.3, -0.25) is 0 Å². The molecule has 2 nitrogen and oxygen atoms in total. The summed E-state index contributed by atoms with van der Waals surface area (Å²) >= 11 is 0. The number of ether oxygens (including phenoxy) is 1. The van der Waals surface area contributed by atoms with Crippen molar-refractivity contribution in [3.63, 3.8) is 0 Å². The van der Waals surface area contributed by atoms with Crippen LogP contribution in [0.5, 0.6) is 0 Å². The highest BCUT2D eigenvalue weighted by atomic mass is 16.5. The second-order valence-corrected chi connectivity index (χ2v) is 2.36. The summed E-state index contributed by atoms with van der Waals surface area (Å²) in [5.74, 6) is -0.167. The second kappa shape index (κ2) is 1.87. The first-order chi connectivity index (χ1) is 4.13. The van der Waals surface area contributed by atoms with Gasteiger partial charge < -0.3 is 4.74 Å². The molecule has 0 radical (unpaired) electrons. The van der Waals surface area contributed by atoms with Gasteiger partial charge in [0.2, 0.25) is 0 Å². The van der Waals surface area contributed by atoms with Gasteiger partial charge in [0, 0.05) is 5.57 Å². The highest BCUT2D eigenvalue weighted by Crippen LogP contribution is 2.20. The first kappa shape index (κ1) is 6.33. The lowest BCUT2D eigenvalue weighted by molar-refractivity contribution is -0.139. The van der Waals surface area contributed by atoms with Crippen LogP contribution in [-0.2, 0) is 9.53 Å². The molecule has 9 heavy (non-hydrogen) atoms. The summed E-state index contributed by atoms with van der Waals surface area (Å²) in [5, 5.41) is 0. The van der Waals surface area contributed by atoms with Crippen molar-refractivity contribution >= 4 is 5.97 Å². The van der Waals surface area contributed by atoms with Crippen LogP contribution >= 0.6 is 0 Å². The van der Waals surface area contributed by atoms with Gasteiger partial charge >= 0.3 is 5.97 Å². The van der Waals surface area contributed by atoms with Crippen molar-refractivity contribution in [1.82, 2.24) is 0 Å². The zero-order valence-corrected chi connectivity index (χ0v) is 5.89. The van der Waals surface area contributed by atoms with Crippen LogP contribution in [0.25, 0.3) is 0 Å². The Morgan fingerprint density at radius 1 is 1.44 bits per heavy atom. The summed E-state index contributed by atoms with van der Waals surface area (Å²) in [4.78, 5) is 10.7. The Labute approximate surface area is 54.5 Å². The summed E-state index contributed by atoms with van der Waals surface area (Å²) in [5.41, 5.74) is 1.82. The van der Waals surface area contributed by atoms with Crippen molar-refractivity contribution in [1.29, 1.82) is 0 Å². The van der Waals surface area contributed by atoms with E-state index >= 15 is 0 Å². The number of hydrogen-bond acceptors (Lipinski definition) is 2. The van der Waals surface area contributed by atoms with Gasteiger partial charge in [0.1, 0.15) is 6.10 Å². The summed E-state index contributed by atoms with van der Waals surface area (Å²) in [6, 6.07) is 0. The molecule has 0 spiro atoms. The average Bonchev–Trinajstić information content (AvgIpc) is 1.98. The summed E-state index contributed by atoms with van der Waals surface area (Å²) in [6.45, 7) is 5.59. The predicted molar refractivity (Wildman–Crippen MR) is 33.9 cm³/mol. The standard InChI is InChI=1S/C7H10O2/c1-4-5(2)7(8)9-6(4)3/h6H,1-3H3/t6-/m1/s1. The molecule has 0 saturated carbocycles. The van der Waals surface area contributed by atoms with Crippen LogP contribution in [-0.4, -0.2) is 12.1 Å². The maximum Gasteiger partial charge on any atom is 0.334 e. The molecule has 0 bridgehead atoms. The summed E-state index contributed by atoms with van der Waals surface area (Å²) < 4.78 is 4.87. The third kappa shape index (κ3) is 0.846. The van der Waals surface area contributed by atoms with E-state index in [4.69, 9.17) is 4.74 Å². The Bertz CT molecular complexity index is 179. The largest absolute Gasteiger partial charge is 0.455 e. The fraction of sp³-hybridized carbons (Fsp3) is 0.571. The van der Waals surface area contributed by atoms with Crippen LogP contribution in [0.1, 0.15) is 20.8 Å². The Balaban J connectivity index is 2.92. The molecule has 0 unspecified atom stereocenters. The normalized spacial score (nSPS) is 27.0. The van der Waals surface area contributed by atoms with Crippen molar-refractivity contribution in [2.24, 2.45) is 0 Å². The zero-order valence-electron chi connectivity index (χ0n) is 5.89. The molecule has 0 saturated heterocycles. The monoisotopic (exact) mass is 126 g/mol. The predicted octanol–water partition coefficient (Wildman–Crippen LogP) is 1.27. The SMILES string of the molecule is CC1=C(C)[C@@H](C)OC1=O. The van der Waals surface area contributed by atoms with Crippen molar-refractivity contribution in [3.8, 4) is 0 Å². The molecule has 2 heteroatoms. The maximum atomic E-state index is 10.7. The van der Waals surface area contributed by atoms with Crippen molar-refractivity contribution in [3.05, 3.63) is 11.1 Å². The Morgan fingerprint density at radius 2 is 2.00 bits per heavy atom.